The summed E-state index contributed by atoms with van der Waals surface area (Å²) in [6.45, 7) is 1.78. The normalized spacial score (nSPS) is 12.0. The van der Waals surface area contributed by atoms with Crippen molar-refractivity contribution in [1.29, 1.82) is 5.26 Å². The summed E-state index contributed by atoms with van der Waals surface area (Å²) in [5.41, 5.74) is 4.74. The number of amides is 1. The van der Waals surface area contributed by atoms with Crippen LogP contribution in [-0.4, -0.2) is 35.8 Å². The number of ether oxygens (including phenoxy) is 1. The lowest BCUT2D eigenvalue weighted by atomic mass is 9.97. The molecule has 1 amide bonds. The van der Waals surface area contributed by atoms with Crippen LogP contribution in [0.5, 0.6) is 5.75 Å². The van der Waals surface area contributed by atoms with Gasteiger partial charge in [-0.3, -0.25) is 9.78 Å². The number of hydrogen-bond acceptors (Lipinski definition) is 6. The Morgan fingerprint density at radius 3 is 2.90 bits per heavy atom. The first-order chi connectivity index (χ1) is 15.2. The Bertz CT molecular complexity index is 1140. The fraction of sp³-hybridized carbons (Fsp3) is 0.208. The number of carbonyl (C=O) groups is 1. The quantitative estimate of drug-likeness (QED) is 0.513. The molecule has 3 N–H and O–H groups in total. The number of aliphatic hydroxyl groups is 1. The van der Waals surface area contributed by atoms with Crippen molar-refractivity contribution >= 4 is 11.6 Å². The van der Waals surface area contributed by atoms with Crippen LogP contribution in [0.2, 0.25) is 0 Å². The number of carbonyl (C=O) groups excluding carboxylic acids is 1. The minimum Gasteiger partial charge on any atom is -0.493 e. The lowest BCUT2D eigenvalue weighted by Gasteiger charge is -2.12. The number of pyridine rings is 1. The van der Waals surface area contributed by atoms with Gasteiger partial charge in [0.15, 0.2) is 0 Å². The van der Waals surface area contributed by atoms with Gasteiger partial charge >= 0.3 is 0 Å². The van der Waals surface area contributed by atoms with Crippen molar-refractivity contribution < 1.29 is 14.6 Å². The zero-order valence-electron chi connectivity index (χ0n) is 16.9. The van der Waals surface area contributed by atoms with E-state index in [0.29, 0.717) is 30.9 Å². The molecule has 0 aliphatic carbocycles. The van der Waals surface area contributed by atoms with E-state index in [9.17, 15) is 10.1 Å². The summed E-state index contributed by atoms with van der Waals surface area (Å²) in [7, 11) is 0. The molecule has 2 heterocycles. The first-order valence-electron chi connectivity index (χ1n) is 10.1. The molecule has 1 aliphatic rings. The third kappa shape index (κ3) is 4.56. The van der Waals surface area contributed by atoms with E-state index in [1.54, 1.807) is 24.4 Å². The summed E-state index contributed by atoms with van der Waals surface area (Å²) in [6, 6.07) is 17.0. The fourth-order valence-corrected chi connectivity index (χ4v) is 3.51. The first kappa shape index (κ1) is 20.5. The zero-order valence-corrected chi connectivity index (χ0v) is 16.9. The maximum Gasteiger partial charge on any atom is 0.274 e. The summed E-state index contributed by atoms with van der Waals surface area (Å²) >= 11 is 0. The minimum atomic E-state index is -0.388. The molecule has 1 aromatic heterocycles. The van der Waals surface area contributed by atoms with Gasteiger partial charge in [0.05, 0.1) is 24.5 Å². The number of nitrogens with zero attached hydrogens (tertiary/aromatic N) is 2. The zero-order chi connectivity index (χ0) is 21.6. The smallest absolute Gasteiger partial charge is 0.274 e. The van der Waals surface area contributed by atoms with Gasteiger partial charge in [-0.2, -0.15) is 5.26 Å². The van der Waals surface area contributed by atoms with Crippen molar-refractivity contribution in [3.05, 3.63) is 77.1 Å². The van der Waals surface area contributed by atoms with Crippen LogP contribution in [0.1, 0.15) is 27.2 Å². The van der Waals surface area contributed by atoms with E-state index in [1.807, 2.05) is 30.3 Å². The lowest BCUT2D eigenvalue weighted by Crippen LogP contribution is -2.18. The maximum atomic E-state index is 12.7. The molecular weight excluding hydrogens is 392 g/mol. The molecule has 31 heavy (non-hydrogen) atoms. The largest absolute Gasteiger partial charge is 0.493 e. The topological polar surface area (TPSA) is 107 Å². The van der Waals surface area contributed by atoms with Gasteiger partial charge in [0.1, 0.15) is 17.5 Å². The van der Waals surface area contributed by atoms with Crippen molar-refractivity contribution in [2.24, 2.45) is 0 Å². The highest BCUT2D eigenvalue weighted by atomic mass is 16.5. The van der Waals surface area contributed by atoms with Crippen molar-refractivity contribution in [3.63, 3.8) is 0 Å². The van der Waals surface area contributed by atoms with E-state index in [1.165, 1.54) is 0 Å². The Labute approximate surface area is 180 Å². The lowest BCUT2D eigenvalue weighted by molar-refractivity contribution is 0.102. The number of anilines is 1. The standard InChI is InChI=1S/C24H22N4O3/c25-13-20-19(18-6-5-17-8-11-31-23(17)12-18)2-1-3-21(20)28-24(30)22-7-4-16(15-27-22)14-26-9-10-29/h1-7,12,15,26,29H,8-11,14H2,(H,28,30). The number of aliphatic hydroxyl groups excluding tert-OH is 1. The van der Waals surface area contributed by atoms with E-state index in [0.717, 1.165) is 34.4 Å². The van der Waals surface area contributed by atoms with E-state index < -0.39 is 0 Å². The highest BCUT2D eigenvalue weighted by molar-refractivity contribution is 6.04. The van der Waals surface area contributed by atoms with Crippen LogP contribution in [0.15, 0.2) is 54.7 Å². The Morgan fingerprint density at radius 1 is 1.23 bits per heavy atom. The highest BCUT2D eigenvalue weighted by Crippen LogP contribution is 2.34. The molecule has 7 heteroatoms. The second-order valence-corrected chi connectivity index (χ2v) is 7.17. The van der Waals surface area contributed by atoms with E-state index >= 15 is 0 Å². The molecule has 156 valence electrons. The van der Waals surface area contributed by atoms with Gasteiger partial charge in [-0.25, -0.2) is 0 Å². The first-order valence-corrected chi connectivity index (χ1v) is 10.1. The summed E-state index contributed by atoms with van der Waals surface area (Å²) in [5.74, 6) is 0.453. The summed E-state index contributed by atoms with van der Waals surface area (Å²) in [4.78, 5) is 16.9. The van der Waals surface area contributed by atoms with Gasteiger partial charge in [0.2, 0.25) is 0 Å². The van der Waals surface area contributed by atoms with Gasteiger partial charge in [-0.15, -0.1) is 0 Å². The molecule has 0 unspecified atom stereocenters. The molecule has 7 nitrogen and oxygen atoms in total. The number of hydrogen-bond donors (Lipinski definition) is 3. The van der Waals surface area contributed by atoms with Crippen molar-refractivity contribution in [1.82, 2.24) is 10.3 Å². The van der Waals surface area contributed by atoms with Crippen molar-refractivity contribution in [3.8, 4) is 22.9 Å². The van der Waals surface area contributed by atoms with Crippen LogP contribution in [0.3, 0.4) is 0 Å². The fourth-order valence-electron chi connectivity index (χ4n) is 3.51. The predicted molar refractivity (Wildman–Crippen MR) is 117 cm³/mol. The average Bonchev–Trinajstić information content (AvgIpc) is 3.27. The van der Waals surface area contributed by atoms with Crippen LogP contribution in [0.4, 0.5) is 5.69 Å². The third-order valence-electron chi connectivity index (χ3n) is 5.11. The average molecular weight is 414 g/mol. The number of aromatic nitrogens is 1. The van der Waals surface area contributed by atoms with Gasteiger partial charge < -0.3 is 20.5 Å². The molecule has 0 atom stereocenters. The van der Waals surface area contributed by atoms with Gasteiger partial charge in [0, 0.05) is 31.3 Å². The van der Waals surface area contributed by atoms with Crippen molar-refractivity contribution in [2.75, 3.05) is 25.1 Å². The molecule has 4 rings (SSSR count). The van der Waals surface area contributed by atoms with E-state index in [-0.39, 0.29) is 18.2 Å². The molecule has 0 spiro atoms. The summed E-state index contributed by atoms with van der Waals surface area (Å²) in [6.07, 6.45) is 2.51. The van der Waals surface area contributed by atoms with Crippen LogP contribution < -0.4 is 15.4 Å². The molecule has 0 radical (unpaired) electrons. The molecule has 0 bridgehead atoms. The minimum absolute atomic E-state index is 0.0622. The maximum absolute atomic E-state index is 12.7. The Morgan fingerprint density at radius 2 is 2.13 bits per heavy atom. The third-order valence-corrected chi connectivity index (χ3v) is 5.11. The SMILES string of the molecule is N#Cc1c(NC(=O)c2ccc(CNCCO)cn2)cccc1-c1ccc2c(c1)OCC2. The number of benzene rings is 2. The van der Waals surface area contributed by atoms with E-state index in [4.69, 9.17) is 9.84 Å². The molecule has 0 saturated heterocycles. The van der Waals surface area contributed by atoms with Crippen LogP contribution in [0.25, 0.3) is 11.1 Å². The number of rotatable bonds is 7. The Balaban J connectivity index is 1.54. The van der Waals surface area contributed by atoms with Crippen LogP contribution in [0, 0.1) is 11.3 Å². The Kier molecular flexibility index (Phi) is 6.22. The monoisotopic (exact) mass is 414 g/mol. The molecule has 1 aliphatic heterocycles. The predicted octanol–water partition coefficient (Wildman–Crippen LogP) is 2.89. The molecule has 3 aromatic rings. The number of nitrogens with one attached hydrogen (secondary N) is 2. The molecule has 0 fully saturated rings. The van der Waals surface area contributed by atoms with E-state index in [2.05, 4.69) is 21.7 Å². The van der Waals surface area contributed by atoms with Crippen molar-refractivity contribution in [2.45, 2.75) is 13.0 Å². The number of nitriles is 1. The van der Waals surface area contributed by atoms with Gasteiger partial charge in [0.25, 0.3) is 5.91 Å². The molecule has 0 saturated carbocycles. The second-order valence-electron chi connectivity index (χ2n) is 7.17. The summed E-state index contributed by atoms with van der Waals surface area (Å²) < 4.78 is 5.65. The van der Waals surface area contributed by atoms with Crippen LogP contribution in [-0.2, 0) is 13.0 Å². The second kappa shape index (κ2) is 9.39. The molecular formula is C24H22N4O3. The van der Waals surface area contributed by atoms with Crippen LogP contribution >= 0.6 is 0 Å². The summed E-state index contributed by atoms with van der Waals surface area (Å²) in [5, 5.41) is 24.5. The Hall–Kier alpha value is -3.73. The highest BCUT2D eigenvalue weighted by Gasteiger charge is 2.17. The van der Waals surface area contributed by atoms with Gasteiger partial charge in [-0.1, -0.05) is 30.3 Å². The number of fused-ring (bicyclic) bond motifs is 1. The van der Waals surface area contributed by atoms with Gasteiger partial charge in [-0.05, 0) is 34.9 Å². The molecule has 2 aromatic carbocycles.